The molecular formula is C16H14N2O3S. The third-order valence-corrected chi connectivity index (χ3v) is 4.02. The van der Waals surface area contributed by atoms with Crippen LogP contribution in [0.1, 0.15) is 0 Å². The van der Waals surface area contributed by atoms with Gasteiger partial charge in [-0.15, -0.1) is 11.8 Å². The number of benzene rings is 2. The Labute approximate surface area is 132 Å². The van der Waals surface area contributed by atoms with Crippen molar-refractivity contribution < 1.29 is 14.3 Å². The van der Waals surface area contributed by atoms with E-state index in [4.69, 9.17) is 4.74 Å². The van der Waals surface area contributed by atoms with Crippen molar-refractivity contribution in [2.24, 2.45) is 0 Å². The molecule has 0 fully saturated rings. The highest BCUT2D eigenvalue weighted by atomic mass is 32.2. The average molecular weight is 314 g/mol. The number of rotatable bonds is 4. The van der Waals surface area contributed by atoms with Crippen molar-refractivity contribution in [2.45, 2.75) is 4.90 Å². The molecule has 0 radical (unpaired) electrons. The zero-order valence-electron chi connectivity index (χ0n) is 11.7. The minimum atomic E-state index is -0.199. The molecule has 6 heteroatoms. The van der Waals surface area contributed by atoms with Crippen molar-refractivity contribution in [1.82, 2.24) is 0 Å². The molecule has 112 valence electrons. The monoisotopic (exact) mass is 314 g/mol. The van der Waals surface area contributed by atoms with Crippen molar-refractivity contribution in [3.63, 3.8) is 0 Å². The summed E-state index contributed by atoms with van der Waals surface area (Å²) in [7, 11) is 0. The summed E-state index contributed by atoms with van der Waals surface area (Å²) in [5.74, 6) is 0.632. The molecule has 0 bridgehead atoms. The number of thioether (sulfide) groups is 1. The highest BCUT2D eigenvalue weighted by molar-refractivity contribution is 8.00. The van der Waals surface area contributed by atoms with Crippen LogP contribution in [-0.4, -0.2) is 24.2 Å². The molecule has 0 saturated carbocycles. The molecule has 2 aromatic carbocycles. The van der Waals surface area contributed by atoms with Gasteiger partial charge in [-0.2, -0.15) is 0 Å². The van der Waals surface area contributed by atoms with E-state index in [0.29, 0.717) is 22.9 Å². The molecule has 5 nitrogen and oxygen atoms in total. The lowest BCUT2D eigenvalue weighted by molar-refractivity contribution is -0.118. The molecule has 0 unspecified atom stereocenters. The SMILES string of the molecule is O=C(CSc1ccccc1)Nc1ccc2c(c1)NC(=O)CO2. The number of anilines is 2. The molecule has 1 heterocycles. The molecule has 0 spiro atoms. The van der Waals surface area contributed by atoms with E-state index in [1.54, 1.807) is 18.2 Å². The van der Waals surface area contributed by atoms with Gasteiger partial charge in [-0.3, -0.25) is 9.59 Å². The fourth-order valence-electron chi connectivity index (χ4n) is 2.02. The maximum absolute atomic E-state index is 12.0. The first kappa shape index (κ1) is 14.5. The number of nitrogens with one attached hydrogen (secondary N) is 2. The van der Waals surface area contributed by atoms with Crippen LogP contribution in [0.4, 0.5) is 11.4 Å². The minimum absolute atomic E-state index is 0.0203. The third kappa shape index (κ3) is 3.59. The molecule has 0 atom stereocenters. The number of hydrogen-bond donors (Lipinski definition) is 2. The third-order valence-electron chi connectivity index (χ3n) is 3.01. The Hall–Kier alpha value is -2.47. The molecule has 2 aromatic rings. The molecule has 2 N–H and O–H groups in total. The molecule has 1 aliphatic heterocycles. The second-order valence-electron chi connectivity index (χ2n) is 4.70. The second-order valence-corrected chi connectivity index (χ2v) is 5.75. The summed E-state index contributed by atoms with van der Waals surface area (Å²) < 4.78 is 5.27. The Morgan fingerprint density at radius 1 is 1.23 bits per heavy atom. The molecule has 22 heavy (non-hydrogen) atoms. The van der Waals surface area contributed by atoms with Gasteiger partial charge in [0.1, 0.15) is 5.75 Å². The van der Waals surface area contributed by atoms with Crippen molar-refractivity contribution in [2.75, 3.05) is 23.0 Å². The van der Waals surface area contributed by atoms with Gasteiger partial charge in [-0.05, 0) is 30.3 Å². The number of ether oxygens (including phenoxy) is 1. The Balaban J connectivity index is 1.60. The van der Waals surface area contributed by atoms with E-state index in [1.165, 1.54) is 11.8 Å². The van der Waals surface area contributed by atoms with Gasteiger partial charge in [0.05, 0.1) is 11.4 Å². The molecule has 1 aliphatic rings. The maximum atomic E-state index is 12.0. The van der Waals surface area contributed by atoms with Crippen molar-refractivity contribution in [3.8, 4) is 5.75 Å². The minimum Gasteiger partial charge on any atom is -0.482 e. The lowest BCUT2D eigenvalue weighted by atomic mass is 10.2. The highest BCUT2D eigenvalue weighted by Gasteiger charge is 2.16. The summed E-state index contributed by atoms with van der Waals surface area (Å²) in [5.41, 5.74) is 1.20. The van der Waals surface area contributed by atoms with Crippen LogP contribution >= 0.6 is 11.8 Å². The van der Waals surface area contributed by atoms with E-state index in [2.05, 4.69) is 10.6 Å². The van der Waals surface area contributed by atoms with Gasteiger partial charge in [-0.25, -0.2) is 0 Å². The molecule has 3 rings (SSSR count). The van der Waals surface area contributed by atoms with Crippen LogP contribution in [0.25, 0.3) is 0 Å². The van der Waals surface area contributed by atoms with E-state index in [9.17, 15) is 9.59 Å². The summed E-state index contributed by atoms with van der Waals surface area (Å²) in [6, 6.07) is 14.9. The first-order chi connectivity index (χ1) is 10.7. The highest BCUT2D eigenvalue weighted by Crippen LogP contribution is 2.30. The summed E-state index contributed by atoms with van der Waals surface area (Å²) in [6.07, 6.45) is 0. The number of hydrogen-bond acceptors (Lipinski definition) is 4. The summed E-state index contributed by atoms with van der Waals surface area (Å²) in [5, 5.41) is 5.52. The second kappa shape index (κ2) is 6.53. The number of amides is 2. The van der Waals surface area contributed by atoms with Crippen LogP contribution in [-0.2, 0) is 9.59 Å². The van der Waals surface area contributed by atoms with E-state index in [-0.39, 0.29) is 18.4 Å². The molecule has 0 saturated heterocycles. The van der Waals surface area contributed by atoms with Gasteiger partial charge in [0.2, 0.25) is 5.91 Å². The first-order valence-corrected chi connectivity index (χ1v) is 7.74. The normalized spacial score (nSPS) is 12.8. The first-order valence-electron chi connectivity index (χ1n) is 6.75. The van der Waals surface area contributed by atoms with Gasteiger partial charge >= 0.3 is 0 Å². The number of carbonyl (C=O) groups is 2. The Morgan fingerprint density at radius 3 is 2.86 bits per heavy atom. The fraction of sp³-hybridized carbons (Fsp3) is 0.125. The Morgan fingerprint density at radius 2 is 2.05 bits per heavy atom. The predicted molar refractivity (Wildman–Crippen MR) is 86.4 cm³/mol. The standard InChI is InChI=1S/C16H14N2O3S/c19-15-9-21-14-7-6-11(8-13(14)18-15)17-16(20)10-22-12-4-2-1-3-5-12/h1-8H,9-10H2,(H,17,20)(H,18,19). The number of fused-ring (bicyclic) bond motifs is 1. The van der Waals surface area contributed by atoms with Gasteiger partial charge in [0, 0.05) is 10.6 Å². The predicted octanol–water partition coefficient (Wildman–Crippen LogP) is 2.75. The fourth-order valence-corrected chi connectivity index (χ4v) is 2.74. The molecular weight excluding hydrogens is 300 g/mol. The zero-order chi connectivity index (χ0) is 15.4. The van der Waals surface area contributed by atoms with Gasteiger partial charge < -0.3 is 15.4 Å². The number of carbonyl (C=O) groups excluding carboxylic acids is 2. The quantitative estimate of drug-likeness (QED) is 0.852. The maximum Gasteiger partial charge on any atom is 0.262 e. The Bertz CT molecular complexity index is 704. The Kier molecular flexibility index (Phi) is 4.29. The van der Waals surface area contributed by atoms with E-state index in [0.717, 1.165) is 4.90 Å². The summed E-state index contributed by atoms with van der Waals surface area (Å²) in [6.45, 7) is 0.0203. The zero-order valence-corrected chi connectivity index (χ0v) is 12.5. The molecule has 0 aromatic heterocycles. The van der Waals surface area contributed by atoms with E-state index >= 15 is 0 Å². The van der Waals surface area contributed by atoms with Crippen molar-refractivity contribution >= 4 is 35.0 Å². The van der Waals surface area contributed by atoms with Crippen molar-refractivity contribution in [1.29, 1.82) is 0 Å². The topological polar surface area (TPSA) is 67.4 Å². The van der Waals surface area contributed by atoms with Crippen molar-refractivity contribution in [3.05, 3.63) is 48.5 Å². The van der Waals surface area contributed by atoms with Crippen LogP contribution in [0.3, 0.4) is 0 Å². The molecule has 2 amide bonds. The van der Waals surface area contributed by atoms with Crippen LogP contribution < -0.4 is 15.4 Å². The average Bonchev–Trinajstić information content (AvgIpc) is 2.53. The molecule has 0 aliphatic carbocycles. The lowest BCUT2D eigenvalue weighted by Gasteiger charge is -2.18. The van der Waals surface area contributed by atoms with E-state index in [1.807, 2.05) is 30.3 Å². The van der Waals surface area contributed by atoms with Crippen LogP contribution in [0.15, 0.2) is 53.4 Å². The van der Waals surface area contributed by atoms with Crippen LogP contribution in [0, 0.1) is 0 Å². The lowest BCUT2D eigenvalue weighted by Crippen LogP contribution is -2.25. The van der Waals surface area contributed by atoms with Gasteiger partial charge in [0.25, 0.3) is 5.91 Å². The van der Waals surface area contributed by atoms with Crippen LogP contribution in [0.5, 0.6) is 5.75 Å². The van der Waals surface area contributed by atoms with Gasteiger partial charge in [0.15, 0.2) is 6.61 Å². The summed E-state index contributed by atoms with van der Waals surface area (Å²) >= 11 is 1.47. The largest absolute Gasteiger partial charge is 0.482 e. The van der Waals surface area contributed by atoms with Gasteiger partial charge in [-0.1, -0.05) is 18.2 Å². The van der Waals surface area contributed by atoms with Crippen LogP contribution in [0.2, 0.25) is 0 Å². The smallest absolute Gasteiger partial charge is 0.262 e. The van der Waals surface area contributed by atoms with E-state index < -0.39 is 0 Å². The summed E-state index contributed by atoms with van der Waals surface area (Å²) in [4.78, 5) is 24.3.